The van der Waals surface area contributed by atoms with Crippen LogP contribution in [0.15, 0.2) is 24.3 Å². The molecule has 2 rings (SSSR count). The maximum atomic E-state index is 11.9. The highest BCUT2D eigenvalue weighted by atomic mass is 32.2. The quantitative estimate of drug-likeness (QED) is 0.671. The Kier molecular flexibility index (Phi) is 4.92. The van der Waals surface area contributed by atoms with Crippen LogP contribution in [-0.4, -0.2) is 30.8 Å². The molecule has 0 unspecified atom stereocenters. The average Bonchev–Trinajstić information content (AvgIpc) is 2.87. The Morgan fingerprint density at radius 3 is 2.76 bits per heavy atom. The highest BCUT2D eigenvalue weighted by molar-refractivity contribution is 7.88. The second-order valence-electron chi connectivity index (χ2n) is 4.64. The fourth-order valence-electron chi connectivity index (χ4n) is 1.85. The largest absolute Gasteiger partial charge is 0.334 e. The van der Waals surface area contributed by atoms with Gasteiger partial charge in [0.15, 0.2) is 5.82 Å². The van der Waals surface area contributed by atoms with Crippen LogP contribution in [0.5, 0.6) is 0 Å². The predicted octanol–water partition coefficient (Wildman–Crippen LogP) is 1.32. The minimum atomic E-state index is -3.86. The molecule has 0 aliphatic heterocycles. The summed E-state index contributed by atoms with van der Waals surface area (Å²) in [6, 6.07) is 7.09. The van der Waals surface area contributed by atoms with Crippen molar-refractivity contribution in [2.45, 2.75) is 26.2 Å². The summed E-state index contributed by atoms with van der Waals surface area (Å²) in [4.78, 5) is 18.7. The van der Waals surface area contributed by atoms with Gasteiger partial charge in [0.2, 0.25) is 0 Å². The Labute approximate surface area is 123 Å². The third kappa shape index (κ3) is 4.27. The number of benzene rings is 1. The molecule has 21 heavy (non-hydrogen) atoms. The van der Waals surface area contributed by atoms with Crippen molar-refractivity contribution in [1.82, 2.24) is 19.4 Å². The summed E-state index contributed by atoms with van der Waals surface area (Å²) in [6.45, 7) is 2.33. The zero-order valence-electron chi connectivity index (χ0n) is 11.7. The zero-order valence-corrected chi connectivity index (χ0v) is 12.5. The van der Waals surface area contributed by atoms with Crippen molar-refractivity contribution in [3.8, 4) is 0 Å². The summed E-state index contributed by atoms with van der Waals surface area (Å²) in [7, 11) is -3.86. The first-order valence-corrected chi connectivity index (χ1v) is 8.26. The third-order valence-corrected chi connectivity index (χ3v) is 3.94. The van der Waals surface area contributed by atoms with Gasteiger partial charge < -0.3 is 4.98 Å². The molecule has 2 aromatic rings. The Balaban J connectivity index is 1.99. The van der Waals surface area contributed by atoms with Crippen molar-refractivity contribution in [1.29, 1.82) is 0 Å². The summed E-state index contributed by atoms with van der Waals surface area (Å²) in [5.41, 5.74) is 1.28. The van der Waals surface area contributed by atoms with Gasteiger partial charge in [-0.2, -0.15) is 13.1 Å². The fourth-order valence-corrected chi connectivity index (χ4v) is 2.67. The van der Waals surface area contributed by atoms with E-state index in [9.17, 15) is 13.2 Å². The number of rotatable bonds is 7. The van der Waals surface area contributed by atoms with Crippen molar-refractivity contribution >= 4 is 27.1 Å². The van der Waals surface area contributed by atoms with Crippen molar-refractivity contribution < 1.29 is 13.2 Å². The molecule has 0 aliphatic carbocycles. The SMILES string of the molecule is CCCCCNS(=O)(=O)NC(=O)c1nc2ccccc2[nH]1. The molecule has 0 atom stereocenters. The van der Waals surface area contributed by atoms with E-state index in [0.29, 0.717) is 17.6 Å². The number of unbranched alkanes of at least 4 members (excludes halogenated alkanes) is 2. The van der Waals surface area contributed by atoms with Crippen molar-refractivity contribution in [2.75, 3.05) is 6.54 Å². The van der Waals surface area contributed by atoms with E-state index in [1.165, 1.54) is 0 Å². The van der Waals surface area contributed by atoms with Crippen LogP contribution in [0.3, 0.4) is 0 Å². The van der Waals surface area contributed by atoms with Crippen LogP contribution in [-0.2, 0) is 10.2 Å². The van der Waals surface area contributed by atoms with Gasteiger partial charge in [-0.15, -0.1) is 0 Å². The lowest BCUT2D eigenvalue weighted by molar-refractivity contribution is 0.0972. The molecule has 0 radical (unpaired) electrons. The lowest BCUT2D eigenvalue weighted by atomic mass is 10.3. The van der Waals surface area contributed by atoms with E-state index in [1.807, 2.05) is 11.6 Å². The number of para-hydroxylation sites is 2. The van der Waals surface area contributed by atoms with E-state index in [2.05, 4.69) is 14.7 Å². The molecule has 0 aliphatic rings. The van der Waals surface area contributed by atoms with Gasteiger partial charge in [-0.25, -0.2) is 9.71 Å². The van der Waals surface area contributed by atoms with E-state index in [0.717, 1.165) is 19.3 Å². The summed E-state index contributed by atoms with van der Waals surface area (Å²) < 4.78 is 27.7. The Morgan fingerprint density at radius 2 is 2.05 bits per heavy atom. The van der Waals surface area contributed by atoms with E-state index in [4.69, 9.17) is 0 Å². The number of nitrogens with one attached hydrogen (secondary N) is 3. The van der Waals surface area contributed by atoms with Gasteiger partial charge in [0.05, 0.1) is 11.0 Å². The molecule has 0 saturated heterocycles. The molecule has 3 N–H and O–H groups in total. The monoisotopic (exact) mass is 310 g/mol. The van der Waals surface area contributed by atoms with Gasteiger partial charge >= 0.3 is 16.1 Å². The van der Waals surface area contributed by atoms with Gasteiger partial charge in [0.25, 0.3) is 0 Å². The Morgan fingerprint density at radius 1 is 1.29 bits per heavy atom. The topological polar surface area (TPSA) is 104 Å². The summed E-state index contributed by atoms with van der Waals surface area (Å²) in [5, 5.41) is 0. The molecule has 0 saturated carbocycles. The van der Waals surface area contributed by atoms with Crippen LogP contribution in [0.2, 0.25) is 0 Å². The maximum Gasteiger partial charge on any atom is 0.301 e. The van der Waals surface area contributed by atoms with Crippen molar-refractivity contribution in [3.05, 3.63) is 30.1 Å². The van der Waals surface area contributed by atoms with Crippen LogP contribution >= 0.6 is 0 Å². The predicted molar refractivity (Wildman–Crippen MR) is 80.0 cm³/mol. The standard InChI is InChI=1S/C13H18N4O3S/c1-2-3-6-9-14-21(19,20)17-13(18)12-15-10-7-4-5-8-11(10)16-12/h4-5,7-8,14H,2-3,6,9H2,1H3,(H,15,16)(H,17,18). The first-order valence-electron chi connectivity index (χ1n) is 6.78. The first-order chi connectivity index (χ1) is 10.0. The lowest BCUT2D eigenvalue weighted by Gasteiger charge is -2.06. The molecule has 0 fully saturated rings. The van der Waals surface area contributed by atoms with Crippen molar-refractivity contribution in [3.63, 3.8) is 0 Å². The number of aromatic nitrogens is 2. The van der Waals surface area contributed by atoms with Gasteiger partial charge in [0.1, 0.15) is 0 Å². The Hall–Kier alpha value is -1.93. The minimum absolute atomic E-state index is 0.0323. The number of fused-ring (bicyclic) bond motifs is 1. The number of nitrogens with zero attached hydrogens (tertiary/aromatic N) is 1. The molecule has 0 spiro atoms. The first kappa shape index (κ1) is 15.5. The van der Waals surface area contributed by atoms with E-state index in [-0.39, 0.29) is 5.82 Å². The van der Waals surface area contributed by atoms with Crippen LogP contribution < -0.4 is 9.44 Å². The molecule has 114 valence electrons. The third-order valence-electron chi connectivity index (χ3n) is 2.90. The number of amides is 1. The molecule has 1 aromatic carbocycles. The van der Waals surface area contributed by atoms with E-state index < -0.39 is 16.1 Å². The second-order valence-corrected chi connectivity index (χ2v) is 6.14. The highest BCUT2D eigenvalue weighted by Crippen LogP contribution is 2.10. The summed E-state index contributed by atoms with van der Waals surface area (Å²) in [6.07, 6.45) is 2.66. The fraction of sp³-hybridized carbons (Fsp3) is 0.385. The number of imidazole rings is 1. The number of carbonyl (C=O) groups is 1. The molecule has 1 amide bonds. The van der Waals surface area contributed by atoms with Crippen LogP contribution in [0.25, 0.3) is 11.0 Å². The van der Waals surface area contributed by atoms with Gasteiger partial charge in [-0.05, 0) is 18.6 Å². The number of carbonyl (C=O) groups excluding carboxylic acids is 1. The normalized spacial score (nSPS) is 11.7. The average molecular weight is 310 g/mol. The summed E-state index contributed by atoms with van der Waals surface area (Å²) in [5.74, 6) is -0.815. The molecule has 1 aromatic heterocycles. The highest BCUT2D eigenvalue weighted by Gasteiger charge is 2.18. The van der Waals surface area contributed by atoms with E-state index in [1.54, 1.807) is 24.3 Å². The zero-order chi connectivity index (χ0) is 15.3. The maximum absolute atomic E-state index is 11.9. The number of hydrogen-bond donors (Lipinski definition) is 3. The van der Waals surface area contributed by atoms with Crippen LogP contribution in [0.4, 0.5) is 0 Å². The molecule has 1 heterocycles. The second kappa shape index (κ2) is 6.68. The molecular weight excluding hydrogens is 292 g/mol. The minimum Gasteiger partial charge on any atom is -0.334 e. The molecular formula is C13H18N4O3S. The molecule has 0 bridgehead atoms. The van der Waals surface area contributed by atoms with Gasteiger partial charge in [-0.3, -0.25) is 4.79 Å². The van der Waals surface area contributed by atoms with Gasteiger partial charge in [-0.1, -0.05) is 31.9 Å². The number of H-pyrrole nitrogens is 1. The Bertz CT molecular complexity index is 691. The summed E-state index contributed by atoms with van der Waals surface area (Å²) >= 11 is 0. The van der Waals surface area contributed by atoms with Crippen LogP contribution in [0, 0.1) is 0 Å². The van der Waals surface area contributed by atoms with E-state index >= 15 is 0 Å². The number of aromatic amines is 1. The molecule has 7 nitrogen and oxygen atoms in total. The number of hydrogen-bond acceptors (Lipinski definition) is 4. The lowest BCUT2D eigenvalue weighted by Crippen LogP contribution is -2.41. The smallest absolute Gasteiger partial charge is 0.301 e. The van der Waals surface area contributed by atoms with Gasteiger partial charge in [0, 0.05) is 6.54 Å². The van der Waals surface area contributed by atoms with Crippen LogP contribution in [0.1, 0.15) is 36.8 Å². The van der Waals surface area contributed by atoms with Crippen molar-refractivity contribution in [2.24, 2.45) is 0 Å². The molecule has 8 heteroatoms.